The molecular formula is C14H15N3O3S. The monoisotopic (exact) mass is 305 g/mol. The third kappa shape index (κ3) is 2.62. The highest BCUT2D eigenvalue weighted by Gasteiger charge is 2.25. The third-order valence-corrected chi connectivity index (χ3v) is 4.79. The molecule has 1 aromatic heterocycles. The van der Waals surface area contributed by atoms with Crippen molar-refractivity contribution in [2.45, 2.75) is 13.0 Å². The van der Waals surface area contributed by atoms with Crippen LogP contribution < -0.4 is 5.32 Å². The summed E-state index contributed by atoms with van der Waals surface area (Å²) in [6.45, 7) is 4.30. The van der Waals surface area contributed by atoms with E-state index in [0.29, 0.717) is 11.4 Å². The molecule has 1 amide bonds. The summed E-state index contributed by atoms with van der Waals surface area (Å²) in [5.41, 5.74) is 0.0508. The van der Waals surface area contributed by atoms with E-state index in [1.165, 1.54) is 23.5 Å². The van der Waals surface area contributed by atoms with E-state index >= 15 is 0 Å². The number of thiophene rings is 1. The molecule has 0 saturated carbocycles. The molecule has 0 radical (unpaired) electrons. The molecule has 1 aliphatic rings. The van der Waals surface area contributed by atoms with Crippen molar-refractivity contribution in [3.05, 3.63) is 39.3 Å². The molecule has 0 bridgehead atoms. The first-order valence-corrected chi connectivity index (χ1v) is 7.57. The molecule has 21 heavy (non-hydrogen) atoms. The summed E-state index contributed by atoms with van der Waals surface area (Å²) in [7, 11) is 0. The van der Waals surface area contributed by atoms with Gasteiger partial charge >= 0.3 is 0 Å². The molecule has 1 unspecified atom stereocenters. The van der Waals surface area contributed by atoms with Crippen LogP contribution >= 0.6 is 11.3 Å². The van der Waals surface area contributed by atoms with Crippen LogP contribution in [0.3, 0.4) is 0 Å². The molecule has 1 fully saturated rings. The van der Waals surface area contributed by atoms with Crippen LogP contribution in [-0.2, 0) is 0 Å². The summed E-state index contributed by atoms with van der Waals surface area (Å²) in [6.07, 6.45) is 0. The van der Waals surface area contributed by atoms with Crippen molar-refractivity contribution in [2.24, 2.45) is 0 Å². The summed E-state index contributed by atoms with van der Waals surface area (Å²) in [5, 5.41) is 14.8. The molecule has 1 atom stereocenters. The molecule has 1 aromatic carbocycles. The maximum atomic E-state index is 12.6. The Balaban J connectivity index is 1.93. The second-order valence-electron chi connectivity index (χ2n) is 5.14. The van der Waals surface area contributed by atoms with Gasteiger partial charge in [0.05, 0.1) is 9.80 Å². The minimum atomic E-state index is -0.420. The van der Waals surface area contributed by atoms with E-state index < -0.39 is 4.92 Å². The van der Waals surface area contributed by atoms with Crippen LogP contribution in [0, 0.1) is 10.1 Å². The number of amides is 1. The van der Waals surface area contributed by atoms with Gasteiger partial charge in [0, 0.05) is 47.9 Å². The largest absolute Gasteiger partial charge is 0.333 e. The normalized spacial score (nSPS) is 18.9. The molecule has 110 valence electrons. The van der Waals surface area contributed by atoms with Gasteiger partial charge in [0.1, 0.15) is 0 Å². The number of piperazine rings is 1. The quantitative estimate of drug-likeness (QED) is 0.682. The van der Waals surface area contributed by atoms with E-state index in [-0.39, 0.29) is 17.6 Å². The van der Waals surface area contributed by atoms with Crippen LogP contribution in [0.2, 0.25) is 0 Å². The van der Waals surface area contributed by atoms with Gasteiger partial charge in [-0.2, -0.15) is 0 Å². The fourth-order valence-electron chi connectivity index (χ4n) is 2.53. The van der Waals surface area contributed by atoms with Crippen molar-refractivity contribution < 1.29 is 9.72 Å². The van der Waals surface area contributed by atoms with Gasteiger partial charge in [-0.3, -0.25) is 14.9 Å². The Bertz CT molecular complexity index is 713. The number of nitrogens with zero attached hydrogens (tertiary/aromatic N) is 2. The predicted molar refractivity (Wildman–Crippen MR) is 81.8 cm³/mol. The van der Waals surface area contributed by atoms with Gasteiger partial charge in [0.2, 0.25) is 0 Å². The van der Waals surface area contributed by atoms with Crippen molar-refractivity contribution >= 4 is 33.0 Å². The van der Waals surface area contributed by atoms with Crippen molar-refractivity contribution in [3.8, 4) is 0 Å². The van der Waals surface area contributed by atoms with E-state index in [2.05, 4.69) is 5.32 Å². The summed E-state index contributed by atoms with van der Waals surface area (Å²) >= 11 is 1.39. The Morgan fingerprint density at radius 3 is 3.00 bits per heavy atom. The fourth-order valence-corrected chi connectivity index (χ4v) is 3.53. The van der Waals surface area contributed by atoms with E-state index in [1.807, 2.05) is 11.8 Å². The molecular weight excluding hydrogens is 290 g/mol. The maximum absolute atomic E-state index is 12.6. The van der Waals surface area contributed by atoms with Crippen LogP contribution in [0.15, 0.2) is 24.3 Å². The Morgan fingerprint density at radius 1 is 1.48 bits per heavy atom. The summed E-state index contributed by atoms with van der Waals surface area (Å²) in [5.74, 6) is 0.00727. The predicted octanol–water partition coefficient (Wildman–Crippen LogP) is 2.24. The average molecular weight is 305 g/mol. The summed E-state index contributed by atoms with van der Waals surface area (Å²) < 4.78 is 0.895. The van der Waals surface area contributed by atoms with Gasteiger partial charge in [0.25, 0.3) is 11.6 Å². The van der Waals surface area contributed by atoms with Gasteiger partial charge in [-0.05, 0) is 19.1 Å². The van der Waals surface area contributed by atoms with Crippen LogP contribution in [0.25, 0.3) is 10.1 Å². The zero-order valence-electron chi connectivity index (χ0n) is 11.5. The first kappa shape index (κ1) is 14.0. The number of carbonyl (C=O) groups is 1. The fraction of sp³-hybridized carbons (Fsp3) is 0.357. The molecule has 6 nitrogen and oxygen atoms in total. The molecule has 1 N–H and O–H groups in total. The topological polar surface area (TPSA) is 75.5 Å². The van der Waals surface area contributed by atoms with Crippen molar-refractivity contribution in [2.75, 3.05) is 19.6 Å². The second kappa shape index (κ2) is 5.42. The molecule has 1 aliphatic heterocycles. The molecule has 2 heterocycles. The molecule has 0 aliphatic carbocycles. The number of rotatable bonds is 2. The number of nitro groups is 1. The molecule has 7 heteroatoms. The van der Waals surface area contributed by atoms with Gasteiger partial charge in [-0.15, -0.1) is 11.3 Å². The maximum Gasteiger partial charge on any atom is 0.270 e. The SMILES string of the molecule is CC1CNCCN1C(=O)c1cc2cc([N+](=O)[O-])ccc2s1. The van der Waals surface area contributed by atoms with Crippen LogP contribution in [0.4, 0.5) is 5.69 Å². The molecule has 1 saturated heterocycles. The zero-order valence-corrected chi connectivity index (χ0v) is 12.4. The number of nitrogens with one attached hydrogen (secondary N) is 1. The first-order valence-electron chi connectivity index (χ1n) is 6.76. The van der Waals surface area contributed by atoms with Crippen molar-refractivity contribution in [3.63, 3.8) is 0 Å². The average Bonchev–Trinajstić information content (AvgIpc) is 2.89. The van der Waals surface area contributed by atoms with Gasteiger partial charge in [0.15, 0.2) is 0 Å². The number of fused-ring (bicyclic) bond motifs is 1. The molecule has 2 aromatic rings. The van der Waals surface area contributed by atoms with Gasteiger partial charge in [-0.25, -0.2) is 0 Å². The Hall–Kier alpha value is -1.99. The van der Waals surface area contributed by atoms with E-state index in [4.69, 9.17) is 0 Å². The lowest BCUT2D eigenvalue weighted by molar-refractivity contribution is -0.384. The minimum absolute atomic E-state index is 0.00727. The van der Waals surface area contributed by atoms with Crippen LogP contribution in [0.5, 0.6) is 0 Å². The number of benzene rings is 1. The van der Waals surface area contributed by atoms with Gasteiger partial charge in [-0.1, -0.05) is 0 Å². The number of carbonyl (C=O) groups excluding carboxylic acids is 1. The van der Waals surface area contributed by atoms with Crippen LogP contribution in [-0.4, -0.2) is 41.4 Å². The number of nitro benzene ring substituents is 1. The number of hydrogen-bond acceptors (Lipinski definition) is 5. The first-order chi connectivity index (χ1) is 10.1. The lowest BCUT2D eigenvalue weighted by Gasteiger charge is -2.33. The smallest absolute Gasteiger partial charge is 0.270 e. The number of hydrogen-bond donors (Lipinski definition) is 1. The van der Waals surface area contributed by atoms with Crippen molar-refractivity contribution in [1.29, 1.82) is 0 Å². The van der Waals surface area contributed by atoms with E-state index in [9.17, 15) is 14.9 Å². The Kier molecular flexibility index (Phi) is 3.60. The minimum Gasteiger partial charge on any atom is -0.333 e. The van der Waals surface area contributed by atoms with E-state index in [1.54, 1.807) is 12.1 Å². The standard InChI is InChI=1S/C14H15N3O3S/c1-9-8-15-4-5-16(9)14(18)13-7-10-6-11(17(19)20)2-3-12(10)21-13/h2-3,6-7,9,15H,4-5,8H2,1H3. The third-order valence-electron chi connectivity index (χ3n) is 3.68. The number of non-ortho nitro benzene ring substituents is 1. The highest BCUT2D eigenvalue weighted by Crippen LogP contribution is 2.30. The van der Waals surface area contributed by atoms with Gasteiger partial charge < -0.3 is 10.2 Å². The highest BCUT2D eigenvalue weighted by molar-refractivity contribution is 7.20. The highest BCUT2D eigenvalue weighted by atomic mass is 32.1. The summed E-state index contributed by atoms with van der Waals surface area (Å²) in [4.78, 5) is 25.5. The summed E-state index contributed by atoms with van der Waals surface area (Å²) in [6, 6.07) is 6.61. The lowest BCUT2D eigenvalue weighted by Crippen LogP contribution is -2.52. The Labute approximate surface area is 125 Å². The zero-order chi connectivity index (χ0) is 15.0. The van der Waals surface area contributed by atoms with E-state index in [0.717, 1.165) is 23.2 Å². The lowest BCUT2D eigenvalue weighted by atomic mass is 10.2. The second-order valence-corrected chi connectivity index (χ2v) is 6.23. The molecule has 0 spiro atoms. The van der Waals surface area contributed by atoms with Crippen molar-refractivity contribution in [1.82, 2.24) is 10.2 Å². The van der Waals surface area contributed by atoms with Crippen LogP contribution in [0.1, 0.15) is 16.6 Å². The molecule has 3 rings (SSSR count). The Morgan fingerprint density at radius 2 is 2.29 bits per heavy atom.